The molecule has 2 heteroatoms. The molecule has 50 valence electrons. The highest BCUT2D eigenvalue weighted by molar-refractivity contribution is 5.76. The first-order chi connectivity index (χ1) is 4.27. The fourth-order valence-electron chi connectivity index (χ4n) is 0.277. The third kappa shape index (κ3) is 6.95. The lowest BCUT2D eigenvalue weighted by atomic mass is 10.5. The van der Waals surface area contributed by atoms with E-state index in [4.69, 9.17) is 4.74 Å². The number of hydrogen-bond acceptors (Lipinski definition) is 2. The molecule has 0 fully saturated rings. The molecule has 0 aromatic rings. The van der Waals surface area contributed by atoms with Gasteiger partial charge in [0.05, 0.1) is 6.26 Å². The predicted octanol–water partition coefficient (Wildman–Crippen LogP) is 1.29. The molecule has 0 aromatic carbocycles. The maximum atomic E-state index is 10.2. The van der Waals surface area contributed by atoms with E-state index in [1.54, 1.807) is 12.2 Å². The first-order valence-corrected chi connectivity index (χ1v) is 2.66. The number of ether oxygens (including phenoxy) is 1. The molecule has 0 saturated heterocycles. The molecule has 0 aliphatic rings. The Labute approximate surface area is 54.8 Å². The summed E-state index contributed by atoms with van der Waals surface area (Å²) in [5, 5.41) is 0. The van der Waals surface area contributed by atoms with Crippen molar-refractivity contribution >= 4 is 5.78 Å². The number of allylic oxidation sites excluding steroid dienone is 2. The van der Waals surface area contributed by atoms with Gasteiger partial charge in [0.2, 0.25) is 0 Å². The average Bonchev–Trinajstić information content (AvgIpc) is 1.80. The Kier molecular flexibility index (Phi) is 4.50. The summed E-state index contributed by atoms with van der Waals surface area (Å²) in [5.41, 5.74) is 0. The van der Waals surface area contributed by atoms with Gasteiger partial charge < -0.3 is 4.74 Å². The van der Waals surface area contributed by atoms with Crippen molar-refractivity contribution in [3.63, 3.8) is 0 Å². The first kappa shape index (κ1) is 7.95. The van der Waals surface area contributed by atoms with E-state index >= 15 is 0 Å². The quantitative estimate of drug-likeness (QED) is 0.419. The van der Waals surface area contributed by atoms with Crippen LogP contribution < -0.4 is 0 Å². The molecule has 0 heterocycles. The van der Waals surface area contributed by atoms with Gasteiger partial charge in [-0.25, -0.2) is 0 Å². The standard InChI is InChI=1S/C7H10O2/c1-3-4-5-9-6-7(2)8/h3-5H,1,6H2,2H3/b5-4-. The van der Waals surface area contributed by atoms with Crippen molar-refractivity contribution in [2.24, 2.45) is 0 Å². The van der Waals surface area contributed by atoms with Crippen LogP contribution in [-0.2, 0) is 9.53 Å². The molecule has 9 heavy (non-hydrogen) atoms. The number of Topliss-reactive ketones (excluding diaryl/α,β-unsaturated/α-hetero) is 1. The van der Waals surface area contributed by atoms with Crippen molar-refractivity contribution < 1.29 is 9.53 Å². The molecule has 0 aliphatic carbocycles. The summed E-state index contributed by atoms with van der Waals surface area (Å²) in [7, 11) is 0. The largest absolute Gasteiger partial charge is 0.493 e. The van der Waals surface area contributed by atoms with Crippen LogP contribution in [0, 0.1) is 0 Å². The Morgan fingerprint density at radius 3 is 2.89 bits per heavy atom. The Morgan fingerprint density at radius 2 is 2.44 bits per heavy atom. The topological polar surface area (TPSA) is 26.3 Å². The third-order valence-electron chi connectivity index (χ3n) is 0.597. The van der Waals surface area contributed by atoms with Gasteiger partial charge in [-0.3, -0.25) is 4.79 Å². The molecule has 0 amide bonds. The lowest BCUT2D eigenvalue weighted by Gasteiger charge is -1.91. The lowest BCUT2D eigenvalue weighted by molar-refractivity contribution is -0.119. The molecule has 0 saturated carbocycles. The summed E-state index contributed by atoms with van der Waals surface area (Å²) in [6.07, 6.45) is 4.65. The Bertz CT molecular complexity index is 125. The molecule has 0 spiro atoms. The highest BCUT2D eigenvalue weighted by Gasteiger charge is 1.86. The molecule has 0 aromatic heterocycles. The van der Waals surface area contributed by atoms with E-state index in [1.807, 2.05) is 0 Å². The maximum Gasteiger partial charge on any atom is 0.167 e. The first-order valence-electron chi connectivity index (χ1n) is 2.66. The molecule has 2 nitrogen and oxygen atoms in total. The molecule has 0 aliphatic heterocycles. The van der Waals surface area contributed by atoms with Gasteiger partial charge in [-0.15, -0.1) is 0 Å². The van der Waals surface area contributed by atoms with Crippen molar-refractivity contribution in [2.75, 3.05) is 6.61 Å². The molecule has 0 N–H and O–H groups in total. The second kappa shape index (κ2) is 5.09. The third-order valence-corrected chi connectivity index (χ3v) is 0.597. The van der Waals surface area contributed by atoms with Gasteiger partial charge in [0.1, 0.15) is 6.61 Å². The van der Waals surface area contributed by atoms with Crippen LogP contribution in [0.1, 0.15) is 6.92 Å². The number of carbonyl (C=O) groups excluding carboxylic acids is 1. The van der Waals surface area contributed by atoms with E-state index in [0.717, 1.165) is 0 Å². The Hall–Kier alpha value is -1.05. The van der Waals surface area contributed by atoms with Crippen molar-refractivity contribution in [3.8, 4) is 0 Å². The molecule has 0 bridgehead atoms. The zero-order chi connectivity index (χ0) is 7.11. The zero-order valence-corrected chi connectivity index (χ0v) is 5.46. The lowest BCUT2D eigenvalue weighted by Crippen LogP contribution is -1.98. The summed E-state index contributed by atoms with van der Waals surface area (Å²) in [4.78, 5) is 10.2. The van der Waals surface area contributed by atoms with E-state index in [-0.39, 0.29) is 12.4 Å². The van der Waals surface area contributed by atoms with E-state index in [2.05, 4.69) is 6.58 Å². The predicted molar refractivity (Wildman–Crippen MR) is 36.0 cm³/mol. The van der Waals surface area contributed by atoms with E-state index in [1.165, 1.54) is 13.2 Å². The average molecular weight is 126 g/mol. The molecule has 0 atom stereocenters. The number of hydrogen-bond donors (Lipinski definition) is 0. The van der Waals surface area contributed by atoms with Crippen molar-refractivity contribution in [1.82, 2.24) is 0 Å². The molecule has 0 rings (SSSR count). The van der Waals surface area contributed by atoms with Gasteiger partial charge in [-0.1, -0.05) is 12.7 Å². The summed E-state index contributed by atoms with van der Waals surface area (Å²) >= 11 is 0. The highest BCUT2D eigenvalue weighted by Crippen LogP contribution is 1.78. The van der Waals surface area contributed by atoms with E-state index < -0.39 is 0 Å². The summed E-state index contributed by atoms with van der Waals surface area (Å²) in [6, 6.07) is 0. The SMILES string of the molecule is C=C/C=C\OCC(C)=O. The van der Waals surface area contributed by atoms with Crippen molar-refractivity contribution in [2.45, 2.75) is 6.92 Å². The van der Waals surface area contributed by atoms with Crippen molar-refractivity contribution in [3.05, 3.63) is 25.0 Å². The Morgan fingerprint density at radius 1 is 1.78 bits per heavy atom. The smallest absolute Gasteiger partial charge is 0.167 e. The summed E-state index contributed by atoms with van der Waals surface area (Å²) < 4.78 is 4.73. The monoisotopic (exact) mass is 126 g/mol. The van der Waals surface area contributed by atoms with Crippen LogP contribution in [0.3, 0.4) is 0 Å². The minimum atomic E-state index is 0.0173. The number of ketones is 1. The van der Waals surface area contributed by atoms with Gasteiger partial charge in [0.15, 0.2) is 5.78 Å². The van der Waals surface area contributed by atoms with Crippen LogP contribution in [0.5, 0.6) is 0 Å². The van der Waals surface area contributed by atoms with Crippen LogP contribution in [0.2, 0.25) is 0 Å². The maximum absolute atomic E-state index is 10.2. The van der Waals surface area contributed by atoms with E-state index in [9.17, 15) is 4.79 Å². The summed E-state index contributed by atoms with van der Waals surface area (Å²) in [6.45, 7) is 5.04. The van der Waals surface area contributed by atoms with Gasteiger partial charge >= 0.3 is 0 Å². The minimum Gasteiger partial charge on any atom is -0.493 e. The Balaban J connectivity index is 3.19. The van der Waals surface area contributed by atoms with Crippen LogP contribution in [0.4, 0.5) is 0 Å². The van der Waals surface area contributed by atoms with E-state index in [0.29, 0.717) is 0 Å². The minimum absolute atomic E-state index is 0.0173. The normalized spacial score (nSPS) is 9.44. The fourth-order valence-corrected chi connectivity index (χ4v) is 0.277. The summed E-state index contributed by atoms with van der Waals surface area (Å²) in [5.74, 6) is 0.0173. The van der Waals surface area contributed by atoms with Gasteiger partial charge in [-0.2, -0.15) is 0 Å². The van der Waals surface area contributed by atoms with Crippen LogP contribution in [-0.4, -0.2) is 12.4 Å². The highest BCUT2D eigenvalue weighted by atomic mass is 16.5. The second-order valence-electron chi connectivity index (χ2n) is 1.58. The van der Waals surface area contributed by atoms with Crippen molar-refractivity contribution in [1.29, 1.82) is 0 Å². The zero-order valence-electron chi connectivity index (χ0n) is 5.46. The number of rotatable bonds is 4. The fraction of sp³-hybridized carbons (Fsp3) is 0.286. The van der Waals surface area contributed by atoms with Gasteiger partial charge in [-0.05, 0) is 13.0 Å². The van der Waals surface area contributed by atoms with Gasteiger partial charge in [0.25, 0.3) is 0 Å². The van der Waals surface area contributed by atoms with Gasteiger partial charge in [0, 0.05) is 0 Å². The molecular weight excluding hydrogens is 116 g/mol. The molecule has 0 radical (unpaired) electrons. The number of carbonyl (C=O) groups is 1. The molecule has 0 unspecified atom stereocenters. The van der Waals surface area contributed by atoms with Crippen LogP contribution >= 0.6 is 0 Å². The second-order valence-corrected chi connectivity index (χ2v) is 1.58. The molecular formula is C7H10O2. The van der Waals surface area contributed by atoms with Crippen LogP contribution in [0.15, 0.2) is 25.0 Å². The van der Waals surface area contributed by atoms with Crippen LogP contribution in [0.25, 0.3) is 0 Å².